The Kier molecular flexibility index (Phi) is 3.72. The summed E-state index contributed by atoms with van der Waals surface area (Å²) in [4.78, 5) is 15.4. The Morgan fingerprint density at radius 2 is 2.00 bits per heavy atom. The quantitative estimate of drug-likeness (QED) is 0.795. The van der Waals surface area contributed by atoms with E-state index in [9.17, 15) is 4.79 Å². The van der Waals surface area contributed by atoms with Crippen molar-refractivity contribution in [3.63, 3.8) is 0 Å². The van der Waals surface area contributed by atoms with Crippen molar-refractivity contribution >= 4 is 17.3 Å². The largest absolute Gasteiger partial charge is 0.371 e. The van der Waals surface area contributed by atoms with E-state index in [1.807, 2.05) is 12.1 Å². The zero-order valence-electron chi connectivity index (χ0n) is 10.7. The van der Waals surface area contributed by atoms with E-state index in [0.29, 0.717) is 6.42 Å². The van der Waals surface area contributed by atoms with Crippen LogP contribution in [0.1, 0.15) is 6.42 Å². The van der Waals surface area contributed by atoms with Crippen LogP contribution in [0.4, 0.5) is 11.4 Å². The highest BCUT2D eigenvalue weighted by Gasteiger charge is 2.20. The number of para-hydroxylation sites is 2. The van der Waals surface area contributed by atoms with Gasteiger partial charge < -0.3 is 21.3 Å². The summed E-state index contributed by atoms with van der Waals surface area (Å²) < 4.78 is 0. The zero-order chi connectivity index (χ0) is 13.1. The number of carbonyl (C=O) groups is 1. The molecule has 98 valence electrons. The first kappa shape index (κ1) is 12.7. The third-order valence-corrected chi connectivity index (χ3v) is 3.41. The molecule has 0 radical (unpaired) electrons. The predicted molar refractivity (Wildman–Crippen MR) is 73.7 cm³/mol. The first-order chi connectivity index (χ1) is 8.59. The molecule has 0 fully saturated rings. The van der Waals surface area contributed by atoms with Crippen molar-refractivity contribution in [1.82, 2.24) is 0 Å². The molecule has 0 aromatic heterocycles. The minimum atomic E-state index is -0.559. The number of amides is 1. The van der Waals surface area contributed by atoms with Crippen LogP contribution in [0, 0.1) is 0 Å². The molecule has 1 heterocycles. The SMILES string of the molecule is CN1CCN(CCC(N)C(N)=O)c2ccccc21. The molecule has 1 aromatic rings. The summed E-state index contributed by atoms with van der Waals surface area (Å²) in [5.41, 5.74) is 13.3. The van der Waals surface area contributed by atoms with Crippen LogP contribution in [0.3, 0.4) is 0 Å². The number of anilines is 2. The average Bonchev–Trinajstić information content (AvgIpc) is 2.38. The van der Waals surface area contributed by atoms with Gasteiger partial charge in [-0.15, -0.1) is 0 Å². The second kappa shape index (κ2) is 5.27. The number of nitrogens with two attached hydrogens (primary N) is 2. The summed E-state index contributed by atoms with van der Waals surface area (Å²) >= 11 is 0. The van der Waals surface area contributed by atoms with E-state index in [0.717, 1.165) is 19.6 Å². The number of hydrogen-bond acceptors (Lipinski definition) is 4. The maximum atomic E-state index is 10.9. The zero-order valence-corrected chi connectivity index (χ0v) is 10.7. The number of nitrogens with zero attached hydrogens (tertiary/aromatic N) is 2. The molecule has 0 spiro atoms. The maximum Gasteiger partial charge on any atom is 0.234 e. The van der Waals surface area contributed by atoms with Gasteiger partial charge in [-0.1, -0.05) is 12.1 Å². The fraction of sp³-hybridized carbons (Fsp3) is 0.462. The Labute approximate surface area is 107 Å². The molecule has 1 unspecified atom stereocenters. The minimum absolute atomic E-state index is 0.433. The fourth-order valence-corrected chi connectivity index (χ4v) is 2.24. The van der Waals surface area contributed by atoms with Gasteiger partial charge in [0.1, 0.15) is 0 Å². The lowest BCUT2D eigenvalue weighted by Gasteiger charge is -2.37. The van der Waals surface area contributed by atoms with Crippen molar-refractivity contribution in [3.05, 3.63) is 24.3 Å². The lowest BCUT2D eigenvalue weighted by Crippen LogP contribution is -2.43. The molecule has 2 rings (SSSR count). The van der Waals surface area contributed by atoms with Crippen molar-refractivity contribution in [1.29, 1.82) is 0 Å². The van der Waals surface area contributed by atoms with E-state index in [1.54, 1.807) is 0 Å². The molecule has 1 aliphatic heterocycles. The normalized spacial score (nSPS) is 16.3. The first-order valence-electron chi connectivity index (χ1n) is 6.19. The lowest BCUT2D eigenvalue weighted by molar-refractivity contribution is -0.119. The summed E-state index contributed by atoms with van der Waals surface area (Å²) in [6.45, 7) is 2.68. The number of fused-ring (bicyclic) bond motifs is 1. The van der Waals surface area contributed by atoms with E-state index >= 15 is 0 Å². The van der Waals surface area contributed by atoms with Crippen molar-refractivity contribution in [3.8, 4) is 0 Å². The molecule has 4 N–H and O–H groups in total. The molecule has 5 heteroatoms. The van der Waals surface area contributed by atoms with E-state index in [-0.39, 0.29) is 0 Å². The monoisotopic (exact) mass is 248 g/mol. The highest BCUT2D eigenvalue weighted by atomic mass is 16.1. The van der Waals surface area contributed by atoms with Gasteiger partial charge in [-0.05, 0) is 18.6 Å². The van der Waals surface area contributed by atoms with Gasteiger partial charge in [-0.25, -0.2) is 0 Å². The molecule has 0 aliphatic carbocycles. The lowest BCUT2D eigenvalue weighted by atomic mass is 10.1. The van der Waals surface area contributed by atoms with E-state index in [1.165, 1.54) is 11.4 Å². The van der Waals surface area contributed by atoms with Gasteiger partial charge in [0, 0.05) is 26.7 Å². The van der Waals surface area contributed by atoms with Crippen molar-refractivity contribution in [2.75, 3.05) is 36.5 Å². The number of rotatable bonds is 4. The smallest absolute Gasteiger partial charge is 0.234 e. The number of carbonyl (C=O) groups excluding carboxylic acids is 1. The summed E-state index contributed by atoms with van der Waals surface area (Å²) in [7, 11) is 2.09. The summed E-state index contributed by atoms with van der Waals surface area (Å²) in [6.07, 6.45) is 0.591. The molecule has 0 bridgehead atoms. The number of likely N-dealkylation sites (N-methyl/N-ethyl adjacent to an activating group) is 1. The standard InChI is InChI=1S/C13H20N4O/c1-16-8-9-17(7-6-10(14)13(15)18)12-5-3-2-4-11(12)16/h2-5,10H,6-9,14H2,1H3,(H2,15,18). The highest BCUT2D eigenvalue weighted by Crippen LogP contribution is 2.31. The summed E-state index contributed by atoms with van der Waals surface area (Å²) in [5.74, 6) is -0.433. The second-order valence-corrected chi connectivity index (χ2v) is 4.69. The van der Waals surface area contributed by atoms with Crippen LogP contribution in [0.2, 0.25) is 0 Å². The number of hydrogen-bond donors (Lipinski definition) is 2. The Morgan fingerprint density at radius 1 is 1.33 bits per heavy atom. The van der Waals surface area contributed by atoms with Crippen molar-refractivity contribution < 1.29 is 4.79 Å². The molecule has 1 atom stereocenters. The van der Waals surface area contributed by atoms with Gasteiger partial charge in [-0.3, -0.25) is 4.79 Å². The summed E-state index contributed by atoms with van der Waals surface area (Å²) in [6, 6.07) is 7.71. The Bertz CT molecular complexity index is 435. The third-order valence-electron chi connectivity index (χ3n) is 3.41. The van der Waals surface area contributed by atoms with Gasteiger partial charge >= 0.3 is 0 Å². The van der Waals surface area contributed by atoms with Gasteiger partial charge in [0.15, 0.2) is 0 Å². The molecule has 1 aliphatic rings. The van der Waals surface area contributed by atoms with E-state index < -0.39 is 11.9 Å². The first-order valence-corrected chi connectivity index (χ1v) is 6.19. The molecular weight excluding hydrogens is 228 g/mol. The molecular formula is C13H20N4O. The third kappa shape index (κ3) is 2.56. The number of primary amides is 1. The molecule has 1 amide bonds. The second-order valence-electron chi connectivity index (χ2n) is 4.69. The van der Waals surface area contributed by atoms with E-state index in [2.05, 4.69) is 29.0 Å². The Hall–Kier alpha value is -1.75. The van der Waals surface area contributed by atoms with Crippen LogP contribution in [0.25, 0.3) is 0 Å². The molecule has 18 heavy (non-hydrogen) atoms. The van der Waals surface area contributed by atoms with Crippen LogP contribution in [-0.4, -0.2) is 38.6 Å². The van der Waals surface area contributed by atoms with Crippen LogP contribution in [0.15, 0.2) is 24.3 Å². The van der Waals surface area contributed by atoms with Gasteiger partial charge in [0.05, 0.1) is 17.4 Å². The average molecular weight is 248 g/mol. The molecule has 1 aromatic carbocycles. The van der Waals surface area contributed by atoms with Crippen LogP contribution < -0.4 is 21.3 Å². The maximum absolute atomic E-state index is 10.9. The topological polar surface area (TPSA) is 75.6 Å². The predicted octanol–water partition coefficient (Wildman–Crippen LogP) is 0.146. The highest BCUT2D eigenvalue weighted by molar-refractivity contribution is 5.79. The van der Waals surface area contributed by atoms with Crippen LogP contribution in [-0.2, 0) is 4.79 Å². The fourth-order valence-electron chi connectivity index (χ4n) is 2.24. The Morgan fingerprint density at radius 3 is 2.67 bits per heavy atom. The van der Waals surface area contributed by atoms with E-state index in [4.69, 9.17) is 11.5 Å². The Balaban J connectivity index is 2.07. The van der Waals surface area contributed by atoms with Crippen molar-refractivity contribution in [2.24, 2.45) is 11.5 Å². The minimum Gasteiger partial charge on any atom is -0.371 e. The molecule has 0 saturated heterocycles. The van der Waals surface area contributed by atoms with Gasteiger partial charge in [0.2, 0.25) is 5.91 Å². The van der Waals surface area contributed by atoms with Gasteiger partial charge in [-0.2, -0.15) is 0 Å². The summed E-state index contributed by atoms with van der Waals surface area (Å²) in [5, 5.41) is 0. The van der Waals surface area contributed by atoms with Gasteiger partial charge in [0.25, 0.3) is 0 Å². The van der Waals surface area contributed by atoms with Crippen LogP contribution >= 0.6 is 0 Å². The number of benzene rings is 1. The van der Waals surface area contributed by atoms with Crippen LogP contribution in [0.5, 0.6) is 0 Å². The van der Waals surface area contributed by atoms with Crippen molar-refractivity contribution in [2.45, 2.75) is 12.5 Å². The molecule has 5 nitrogen and oxygen atoms in total. The molecule has 0 saturated carbocycles.